The standard InChI is InChI=1S/C53H63N4/c1-8-11-27-47(5)43-55-36-22-14-18-32-51-42-53(34-20-16-24-39-57-40-26-30-49(7)45-57)52(33-19-15-23-37-56-44-48(6)28-12-9-2)41-50(51)31-17-13-21-35-54-38-25-29-46(4)10-3/h8-12,25-30,38,40-45H,13-16,21-24,35-37,39H2,1-7H3/q+1/b11-8-,12-9-,29-25-,46-10-,47-27-,48-28-,54-38?,55-43?,56-44?. The van der Waals surface area contributed by atoms with Crippen molar-refractivity contribution in [3.8, 4) is 47.4 Å². The lowest BCUT2D eigenvalue weighted by molar-refractivity contribution is -0.697. The minimum atomic E-state index is 0.733. The summed E-state index contributed by atoms with van der Waals surface area (Å²) in [5.74, 6) is 27.3. The summed E-state index contributed by atoms with van der Waals surface area (Å²) in [7, 11) is 0. The third-order valence-corrected chi connectivity index (χ3v) is 8.24. The molecule has 0 aliphatic heterocycles. The van der Waals surface area contributed by atoms with E-state index in [1.807, 2.05) is 69.8 Å². The van der Waals surface area contributed by atoms with Gasteiger partial charge < -0.3 is 0 Å². The fourth-order valence-electron chi connectivity index (χ4n) is 4.99. The van der Waals surface area contributed by atoms with Crippen LogP contribution in [0.25, 0.3) is 0 Å². The van der Waals surface area contributed by atoms with E-state index in [9.17, 15) is 0 Å². The fraction of sp³-hybridized carbons (Fsp3) is 0.358. The lowest BCUT2D eigenvalue weighted by atomic mass is 9.98. The zero-order valence-corrected chi connectivity index (χ0v) is 35.7. The first kappa shape index (κ1) is 47.2. The Labute approximate surface area is 346 Å². The van der Waals surface area contributed by atoms with Crippen molar-refractivity contribution in [2.45, 2.75) is 106 Å². The van der Waals surface area contributed by atoms with E-state index in [-0.39, 0.29) is 0 Å². The molecule has 4 nitrogen and oxygen atoms in total. The number of aromatic nitrogens is 1. The molecule has 0 fully saturated rings. The van der Waals surface area contributed by atoms with Crippen LogP contribution in [0, 0.1) is 54.3 Å². The van der Waals surface area contributed by atoms with Crippen molar-refractivity contribution in [1.29, 1.82) is 0 Å². The molecule has 2 aromatic rings. The van der Waals surface area contributed by atoms with Crippen LogP contribution in [-0.2, 0) is 6.54 Å². The quantitative estimate of drug-likeness (QED) is 0.0478. The largest absolute Gasteiger partial charge is 0.293 e. The molecular weight excluding hydrogens is 693 g/mol. The molecule has 0 amide bonds. The van der Waals surface area contributed by atoms with Gasteiger partial charge in [-0.3, -0.25) is 15.0 Å². The lowest BCUT2D eigenvalue weighted by Gasteiger charge is -2.03. The van der Waals surface area contributed by atoms with E-state index < -0.39 is 0 Å². The number of aliphatic imine (C=N–C) groups is 3. The number of pyridine rings is 1. The first-order valence-corrected chi connectivity index (χ1v) is 20.3. The van der Waals surface area contributed by atoms with Gasteiger partial charge in [0.15, 0.2) is 12.4 Å². The van der Waals surface area contributed by atoms with E-state index in [0.29, 0.717) is 0 Å². The molecular formula is C53H63N4+. The van der Waals surface area contributed by atoms with Gasteiger partial charge in [0, 0.05) is 104 Å². The molecule has 0 N–H and O–H groups in total. The molecule has 0 atom stereocenters. The Balaban J connectivity index is 2.35. The second-order valence-corrected chi connectivity index (χ2v) is 13.6. The second kappa shape index (κ2) is 31.3. The summed E-state index contributed by atoms with van der Waals surface area (Å²) in [6, 6.07) is 8.38. The summed E-state index contributed by atoms with van der Waals surface area (Å²) in [5, 5.41) is 0. The Bertz CT molecular complexity index is 2080. The summed E-state index contributed by atoms with van der Waals surface area (Å²) in [4.78, 5) is 13.6. The van der Waals surface area contributed by atoms with Gasteiger partial charge in [-0.05, 0) is 103 Å². The number of nitrogens with zero attached hydrogens (tertiary/aromatic N) is 4. The van der Waals surface area contributed by atoms with E-state index in [1.54, 1.807) is 0 Å². The van der Waals surface area contributed by atoms with Crippen LogP contribution in [-0.4, -0.2) is 38.3 Å². The second-order valence-electron chi connectivity index (χ2n) is 13.6. The van der Waals surface area contributed by atoms with Gasteiger partial charge in [0.25, 0.3) is 0 Å². The van der Waals surface area contributed by atoms with Crippen LogP contribution in [0.2, 0.25) is 0 Å². The van der Waals surface area contributed by atoms with Crippen molar-refractivity contribution >= 4 is 18.6 Å². The number of rotatable bonds is 18. The Morgan fingerprint density at radius 3 is 1.54 bits per heavy atom. The monoisotopic (exact) mass is 756 g/mol. The Kier molecular flexibility index (Phi) is 25.9. The molecule has 294 valence electrons. The molecule has 0 spiro atoms. The van der Waals surface area contributed by atoms with E-state index in [1.165, 1.54) is 11.1 Å². The van der Waals surface area contributed by atoms with Crippen molar-refractivity contribution < 1.29 is 4.57 Å². The molecule has 0 bridgehead atoms. The zero-order chi connectivity index (χ0) is 41.2. The molecule has 2 rings (SSSR count). The molecule has 1 aromatic carbocycles. The molecule has 4 heteroatoms. The molecule has 57 heavy (non-hydrogen) atoms. The van der Waals surface area contributed by atoms with Gasteiger partial charge in [-0.1, -0.05) is 102 Å². The molecule has 1 heterocycles. The topological polar surface area (TPSA) is 41.0 Å². The number of hydrogen-bond acceptors (Lipinski definition) is 3. The van der Waals surface area contributed by atoms with Gasteiger partial charge in [-0.2, -0.15) is 0 Å². The van der Waals surface area contributed by atoms with Crippen LogP contribution in [0.1, 0.15) is 121 Å². The van der Waals surface area contributed by atoms with Gasteiger partial charge in [0.2, 0.25) is 0 Å². The number of unbranched alkanes of at least 4 members (excludes halogenated alkanes) is 4. The summed E-state index contributed by atoms with van der Waals surface area (Å²) >= 11 is 0. The van der Waals surface area contributed by atoms with Crippen LogP contribution < -0.4 is 4.57 Å². The molecule has 0 saturated heterocycles. The van der Waals surface area contributed by atoms with Crippen LogP contribution in [0.3, 0.4) is 0 Å². The number of hydrogen-bond donors (Lipinski definition) is 0. The maximum atomic E-state index is 4.57. The third-order valence-electron chi connectivity index (χ3n) is 8.24. The maximum Gasteiger partial charge on any atom is 0.171 e. The summed E-state index contributed by atoms with van der Waals surface area (Å²) < 4.78 is 2.22. The van der Waals surface area contributed by atoms with E-state index in [0.717, 1.165) is 111 Å². The highest BCUT2D eigenvalue weighted by molar-refractivity contribution is 5.78. The van der Waals surface area contributed by atoms with E-state index >= 15 is 0 Å². The predicted molar refractivity (Wildman–Crippen MR) is 248 cm³/mol. The van der Waals surface area contributed by atoms with Gasteiger partial charge in [0.05, 0.1) is 0 Å². The maximum absolute atomic E-state index is 4.57. The van der Waals surface area contributed by atoms with Crippen molar-refractivity contribution in [2.75, 3.05) is 19.6 Å². The van der Waals surface area contributed by atoms with Gasteiger partial charge >= 0.3 is 0 Å². The average molecular weight is 756 g/mol. The first-order chi connectivity index (χ1) is 27.9. The van der Waals surface area contributed by atoms with Gasteiger partial charge in [0.1, 0.15) is 6.54 Å². The van der Waals surface area contributed by atoms with Crippen LogP contribution in [0.4, 0.5) is 0 Å². The molecule has 0 radical (unpaired) electrons. The highest BCUT2D eigenvalue weighted by Gasteiger charge is 2.06. The molecule has 0 aliphatic rings. The average Bonchev–Trinajstić information content (AvgIpc) is 3.21. The normalized spacial score (nSPS) is 12.3. The fourth-order valence-corrected chi connectivity index (χ4v) is 4.99. The van der Waals surface area contributed by atoms with Crippen LogP contribution in [0.15, 0.2) is 123 Å². The van der Waals surface area contributed by atoms with Crippen LogP contribution >= 0.6 is 0 Å². The summed E-state index contributed by atoms with van der Waals surface area (Å²) in [6.45, 7) is 17.5. The minimum Gasteiger partial charge on any atom is -0.293 e. The minimum absolute atomic E-state index is 0.733. The van der Waals surface area contributed by atoms with Gasteiger partial charge in [-0.15, -0.1) is 0 Å². The van der Waals surface area contributed by atoms with E-state index in [4.69, 9.17) is 0 Å². The highest BCUT2D eigenvalue weighted by Crippen LogP contribution is 2.16. The lowest BCUT2D eigenvalue weighted by Crippen LogP contribution is -2.32. The Hall–Kier alpha value is -5.94. The molecule has 0 unspecified atom stereocenters. The predicted octanol–water partition coefficient (Wildman–Crippen LogP) is 11.3. The van der Waals surface area contributed by atoms with Crippen molar-refractivity contribution in [3.05, 3.63) is 136 Å². The number of aryl methyl sites for hydroxylation is 2. The van der Waals surface area contributed by atoms with Crippen molar-refractivity contribution in [2.24, 2.45) is 15.0 Å². The summed E-state index contributed by atoms with van der Waals surface area (Å²) in [5.41, 5.74) is 8.30. The molecule has 1 aromatic heterocycles. The Morgan fingerprint density at radius 2 is 1.09 bits per heavy atom. The van der Waals surface area contributed by atoms with Crippen LogP contribution in [0.5, 0.6) is 0 Å². The smallest absolute Gasteiger partial charge is 0.171 e. The highest BCUT2D eigenvalue weighted by atomic mass is 14.9. The van der Waals surface area contributed by atoms with Gasteiger partial charge in [-0.25, -0.2) is 4.57 Å². The SMILES string of the molecule is C/C=C\C=C(\C)C=NCCCC#Cc1cc(C#CCCC[n+]2cccc(C)c2)c(C#CCCCN=C/C(C)=C\C=C/C)cc1C#CCCCN=C/C=C\C(C)=C/C. The number of benzene rings is 1. The summed E-state index contributed by atoms with van der Waals surface area (Å²) in [6.07, 6.45) is 34.9. The van der Waals surface area contributed by atoms with Crippen molar-refractivity contribution in [3.63, 3.8) is 0 Å². The van der Waals surface area contributed by atoms with Crippen molar-refractivity contribution in [1.82, 2.24) is 0 Å². The van der Waals surface area contributed by atoms with E-state index in [2.05, 4.69) is 156 Å². The zero-order valence-electron chi connectivity index (χ0n) is 35.7. The number of allylic oxidation sites excluding steroid dienone is 12. The Morgan fingerprint density at radius 1 is 0.614 bits per heavy atom. The third kappa shape index (κ3) is 23.6. The molecule has 0 saturated carbocycles. The molecule has 0 aliphatic carbocycles. The first-order valence-electron chi connectivity index (χ1n) is 20.3.